The van der Waals surface area contributed by atoms with Gasteiger partial charge in [-0.25, -0.2) is 0 Å². The van der Waals surface area contributed by atoms with Gasteiger partial charge in [-0.3, -0.25) is 14.6 Å². The zero-order valence-electron chi connectivity index (χ0n) is 5.96. The number of Topliss-reactive ketones (excluding diaryl/α,β-unsaturated/α-hetero) is 1. The highest BCUT2D eigenvalue weighted by Crippen LogP contribution is 2.19. The van der Waals surface area contributed by atoms with E-state index in [4.69, 9.17) is 0 Å². The Morgan fingerprint density at radius 2 is 2.18 bits per heavy atom. The molecule has 1 aliphatic heterocycles. The van der Waals surface area contributed by atoms with Crippen LogP contribution in [-0.4, -0.2) is 23.8 Å². The van der Waals surface area contributed by atoms with E-state index in [-0.39, 0.29) is 18.0 Å². The van der Waals surface area contributed by atoms with Crippen LogP contribution in [0.25, 0.3) is 0 Å². The third-order valence-electron chi connectivity index (χ3n) is 1.96. The van der Waals surface area contributed by atoms with Crippen molar-refractivity contribution < 1.29 is 9.59 Å². The quantitative estimate of drug-likeness (QED) is 0.465. The Morgan fingerprint density at radius 3 is 3.00 bits per heavy atom. The van der Waals surface area contributed by atoms with Crippen molar-refractivity contribution in [2.45, 2.75) is 12.8 Å². The predicted molar refractivity (Wildman–Crippen MR) is 39.6 cm³/mol. The molecule has 0 unspecified atom stereocenters. The highest BCUT2D eigenvalue weighted by Gasteiger charge is 2.26. The fraction of sp³-hybridized carbons (Fsp3) is 0.375. The number of carbonyl (C=O) groups excluding carboxylic acids is 2. The van der Waals surface area contributed by atoms with E-state index in [0.29, 0.717) is 0 Å². The second-order valence-electron chi connectivity index (χ2n) is 2.71. The molecule has 3 heteroatoms. The number of hydrogen-bond donors (Lipinski definition) is 0. The van der Waals surface area contributed by atoms with Crippen LogP contribution in [0.15, 0.2) is 16.6 Å². The van der Waals surface area contributed by atoms with Crippen molar-refractivity contribution in [3.63, 3.8) is 0 Å². The van der Waals surface area contributed by atoms with Gasteiger partial charge < -0.3 is 0 Å². The van der Waals surface area contributed by atoms with E-state index in [1.54, 1.807) is 0 Å². The van der Waals surface area contributed by atoms with E-state index < -0.39 is 0 Å². The monoisotopic (exact) mass is 149 g/mol. The van der Waals surface area contributed by atoms with Crippen LogP contribution in [0.3, 0.4) is 0 Å². The summed E-state index contributed by atoms with van der Waals surface area (Å²) >= 11 is 0. The van der Waals surface area contributed by atoms with Crippen LogP contribution in [0.2, 0.25) is 0 Å². The van der Waals surface area contributed by atoms with Gasteiger partial charge >= 0.3 is 0 Å². The summed E-state index contributed by atoms with van der Waals surface area (Å²) in [6.07, 6.45) is 2.48. The van der Waals surface area contributed by atoms with Gasteiger partial charge in [-0.1, -0.05) is 0 Å². The zero-order valence-corrected chi connectivity index (χ0v) is 5.96. The SMILES string of the molecule is O=C1C=C2CCN=C2CC1=O. The Bertz CT molecular complexity index is 299. The first kappa shape index (κ1) is 6.46. The minimum Gasteiger partial charge on any atom is -0.290 e. The molecule has 0 spiro atoms. The molecule has 0 aromatic carbocycles. The van der Waals surface area contributed by atoms with Crippen LogP contribution < -0.4 is 0 Å². The van der Waals surface area contributed by atoms with Gasteiger partial charge in [0.2, 0.25) is 11.6 Å². The van der Waals surface area contributed by atoms with E-state index >= 15 is 0 Å². The van der Waals surface area contributed by atoms with Crippen molar-refractivity contribution >= 4 is 17.3 Å². The molecule has 0 saturated heterocycles. The van der Waals surface area contributed by atoms with Crippen LogP contribution in [0, 0.1) is 0 Å². The Kier molecular flexibility index (Phi) is 1.24. The summed E-state index contributed by atoms with van der Waals surface area (Å²) in [6.45, 7) is 0.738. The Hall–Kier alpha value is -1.25. The summed E-state index contributed by atoms with van der Waals surface area (Å²) < 4.78 is 0. The van der Waals surface area contributed by atoms with Gasteiger partial charge in [0.25, 0.3) is 0 Å². The molecule has 0 fully saturated rings. The number of ketones is 2. The topological polar surface area (TPSA) is 46.5 Å². The molecule has 0 saturated carbocycles. The molecule has 56 valence electrons. The average Bonchev–Trinajstić information content (AvgIpc) is 2.36. The lowest BCUT2D eigenvalue weighted by Crippen LogP contribution is -2.21. The second kappa shape index (κ2) is 2.12. The molecule has 1 aliphatic carbocycles. The molecule has 0 N–H and O–H groups in total. The first-order valence-corrected chi connectivity index (χ1v) is 3.59. The van der Waals surface area contributed by atoms with Crippen molar-refractivity contribution in [3.8, 4) is 0 Å². The molecular formula is C8H7NO2. The van der Waals surface area contributed by atoms with Gasteiger partial charge in [-0.05, 0) is 18.1 Å². The molecule has 2 rings (SSSR count). The highest BCUT2D eigenvalue weighted by molar-refractivity contribution is 6.48. The molecule has 0 aromatic heterocycles. The van der Waals surface area contributed by atoms with E-state index in [1.165, 1.54) is 6.08 Å². The van der Waals surface area contributed by atoms with Gasteiger partial charge in [0.1, 0.15) is 0 Å². The summed E-state index contributed by atoms with van der Waals surface area (Å²) in [7, 11) is 0. The first-order chi connectivity index (χ1) is 5.27. The fourth-order valence-corrected chi connectivity index (χ4v) is 1.36. The van der Waals surface area contributed by atoms with E-state index in [2.05, 4.69) is 4.99 Å². The number of nitrogens with zero attached hydrogens (tertiary/aromatic N) is 1. The fourth-order valence-electron chi connectivity index (χ4n) is 1.36. The normalized spacial score (nSPS) is 22.9. The van der Waals surface area contributed by atoms with Gasteiger partial charge in [-0.2, -0.15) is 0 Å². The molecule has 2 aliphatic rings. The van der Waals surface area contributed by atoms with Crippen molar-refractivity contribution in [2.75, 3.05) is 6.54 Å². The maximum absolute atomic E-state index is 10.9. The summed E-state index contributed by atoms with van der Waals surface area (Å²) in [5.74, 6) is -0.685. The third-order valence-corrected chi connectivity index (χ3v) is 1.96. The van der Waals surface area contributed by atoms with Gasteiger partial charge in [0, 0.05) is 12.3 Å². The molecule has 0 aromatic rings. The first-order valence-electron chi connectivity index (χ1n) is 3.59. The largest absolute Gasteiger partial charge is 0.290 e. The maximum Gasteiger partial charge on any atom is 0.222 e. The number of hydrogen-bond acceptors (Lipinski definition) is 3. The average molecular weight is 149 g/mol. The molecule has 11 heavy (non-hydrogen) atoms. The van der Waals surface area contributed by atoms with Crippen LogP contribution in [0.5, 0.6) is 0 Å². The summed E-state index contributed by atoms with van der Waals surface area (Å²) in [5.41, 5.74) is 1.80. The minimum absolute atomic E-state index is 0.227. The van der Waals surface area contributed by atoms with Gasteiger partial charge in [0.15, 0.2) is 0 Å². The summed E-state index contributed by atoms with van der Waals surface area (Å²) in [6, 6.07) is 0. The van der Waals surface area contributed by atoms with Gasteiger partial charge in [-0.15, -0.1) is 0 Å². The van der Waals surface area contributed by atoms with E-state index in [0.717, 1.165) is 24.3 Å². The maximum atomic E-state index is 10.9. The minimum atomic E-state index is -0.360. The van der Waals surface area contributed by atoms with Crippen molar-refractivity contribution in [3.05, 3.63) is 11.6 Å². The summed E-state index contributed by atoms with van der Waals surface area (Å²) in [4.78, 5) is 25.8. The lowest BCUT2D eigenvalue weighted by molar-refractivity contribution is -0.133. The number of fused-ring (bicyclic) bond motifs is 1. The van der Waals surface area contributed by atoms with Crippen LogP contribution >= 0.6 is 0 Å². The number of aliphatic imine (C=N–C) groups is 1. The molecule has 3 nitrogen and oxygen atoms in total. The standard InChI is InChI=1S/C8H7NO2/c10-7-3-5-1-2-9-6(5)4-8(7)11/h3H,1-2,4H2. The molecule has 0 atom stereocenters. The van der Waals surface area contributed by atoms with Crippen molar-refractivity contribution in [2.24, 2.45) is 4.99 Å². The number of carbonyl (C=O) groups is 2. The number of allylic oxidation sites excluding steroid dienone is 1. The van der Waals surface area contributed by atoms with Crippen LogP contribution in [-0.2, 0) is 9.59 Å². The van der Waals surface area contributed by atoms with Crippen molar-refractivity contribution in [1.82, 2.24) is 0 Å². The Balaban J connectivity index is 2.43. The molecule has 0 amide bonds. The second-order valence-corrected chi connectivity index (χ2v) is 2.71. The van der Waals surface area contributed by atoms with E-state index in [9.17, 15) is 9.59 Å². The number of rotatable bonds is 0. The van der Waals surface area contributed by atoms with Crippen LogP contribution in [0.1, 0.15) is 12.8 Å². The Labute approximate surface area is 63.8 Å². The lowest BCUT2D eigenvalue weighted by atomic mass is 9.95. The smallest absolute Gasteiger partial charge is 0.222 e. The predicted octanol–water partition coefficient (Wildman–Crippen LogP) is 0.299. The molecule has 0 radical (unpaired) electrons. The summed E-state index contributed by atoms with van der Waals surface area (Å²) in [5, 5.41) is 0. The zero-order chi connectivity index (χ0) is 7.84. The van der Waals surface area contributed by atoms with Crippen molar-refractivity contribution in [1.29, 1.82) is 0 Å². The van der Waals surface area contributed by atoms with Crippen LogP contribution in [0.4, 0.5) is 0 Å². The lowest BCUT2D eigenvalue weighted by Gasteiger charge is -2.06. The molecule has 1 heterocycles. The third kappa shape index (κ3) is 0.926. The molecule has 0 bridgehead atoms. The van der Waals surface area contributed by atoms with E-state index in [1.807, 2.05) is 0 Å². The Morgan fingerprint density at radius 1 is 1.36 bits per heavy atom. The highest BCUT2D eigenvalue weighted by atomic mass is 16.2. The van der Waals surface area contributed by atoms with Gasteiger partial charge in [0.05, 0.1) is 6.42 Å². The molecular weight excluding hydrogens is 142 g/mol.